The zero-order chi connectivity index (χ0) is 14.9. The summed E-state index contributed by atoms with van der Waals surface area (Å²) < 4.78 is 0. The van der Waals surface area contributed by atoms with Crippen molar-refractivity contribution in [2.24, 2.45) is 5.41 Å². The van der Waals surface area contributed by atoms with Gasteiger partial charge >= 0.3 is 0 Å². The van der Waals surface area contributed by atoms with Gasteiger partial charge in [-0.2, -0.15) is 0 Å². The van der Waals surface area contributed by atoms with Crippen LogP contribution >= 0.6 is 24.8 Å². The van der Waals surface area contributed by atoms with Crippen LogP contribution in [0.1, 0.15) is 32.4 Å². The van der Waals surface area contributed by atoms with Crippen LogP contribution in [0.25, 0.3) is 0 Å². The SMILES string of the molecule is CC(C)(C)[C@@H](c1ccc(O)c(O)c1O)N1CCNCC1.Cl.Cl. The zero-order valence-electron chi connectivity index (χ0n) is 13.2. The van der Waals surface area contributed by atoms with Crippen molar-refractivity contribution in [3.8, 4) is 17.2 Å². The first kappa shape index (κ1) is 21.1. The number of phenols is 3. The number of halogens is 2. The third-order valence-corrected chi connectivity index (χ3v) is 3.79. The third kappa shape index (κ3) is 4.32. The van der Waals surface area contributed by atoms with Crippen molar-refractivity contribution >= 4 is 24.8 Å². The van der Waals surface area contributed by atoms with Crippen LogP contribution in [0.5, 0.6) is 17.2 Å². The van der Waals surface area contributed by atoms with Crippen LogP contribution in [-0.4, -0.2) is 46.4 Å². The van der Waals surface area contributed by atoms with Gasteiger partial charge < -0.3 is 20.6 Å². The van der Waals surface area contributed by atoms with E-state index in [0.717, 1.165) is 26.2 Å². The number of nitrogens with one attached hydrogen (secondary N) is 1. The smallest absolute Gasteiger partial charge is 0.200 e. The van der Waals surface area contributed by atoms with Crippen molar-refractivity contribution in [2.75, 3.05) is 26.2 Å². The highest BCUT2D eigenvalue weighted by Gasteiger charge is 2.35. The first-order chi connectivity index (χ1) is 9.32. The number of benzene rings is 1. The van der Waals surface area contributed by atoms with Gasteiger partial charge in [0.1, 0.15) is 0 Å². The Morgan fingerprint density at radius 2 is 1.55 bits per heavy atom. The molecule has 1 atom stereocenters. The van der Waals surface area contributed by atoms with Crippen LogP contribution in [0.4, 0.5) is 0 Å². The van der Waals surface area contributed by atoms with Gasteiger partial charge in [-0.15, -0.1) is 24.8 Å². The Kier molecular flexibility index (Phi) is 7.78. The molecule has 0 unspecified atom stereocenters. The lowest BCUT2D eigenvalue weighted by Crippen LogP contribution is -2.48. The molecule has 22 heavy (non-hydrogen) atoms. The van der Waals surface area contributed by atoms with Gasteiger partial charge in [-0.05, 0) is 17.5 Å². The van der Waals surface area contributed by atoms with Crippen molar-refractivity contribution in [1.82, 2.24) is 10.2 Å². The van der Waals surface area contributed by atoms with Gasteiger partial charge in [0, 0.05) is 37.8 Å². The minimum Gasteiger partial charge on any atom is -0.504 e. The van der Waals surface area contributed by atoms with Crippen LogP contribution in [0.3, 0.4) is 0 Å². The molecule has 0 bridgehead atoms. The lowest BCUT2D eigenvalue weighted by atomic mass is 9.80. The van der Waals surface area contributed by atoms with Crippen LogP contribution in [-0.2, 0) is 0 Å². The molecule has 1 aromatic carbocycles. The molecule has 4 N–H and O–H groups in total. The number of phenolic OH excluding ortho intramolecular Hbond substituents is 3. The van der Waals surface area contributed by atoms with Crippen LogP contribution < -0.4 is 5.32 Å². The summed E-state index contributed by atoms with van der Waals surface area (Å²) >= 11 is 0. The molecule has 1 fully saturated rings. The highest BCUT2D eigenvalue weighted by atomic mass is 35.5. The molecule has 0 aromatic heterocycles. The van der Waals surface area contributed by atoms with Gasteiger partial charge in [0.15, 0.2) is 11.5 Å². The van der Waals surface area contributed by atoms with Gasteiger partial charge in [-0.25, -0.2) is 0 Å². The van der Waals surface area contributed by atoms with E-state index >= 15 is 0 Å². The summed E-state index contributed by atoms with van der Waals surface area (Å²) in [6.45, 7) is 9.95. The first-order valence-corrected chi connectivity index (χ1v) is 7.01. The van der Waals surface area contributed by atoms with Crippen molar-refractivity contribution in [3.05, 3.63) is 17.7 Å². The first-order valence-electron chi connectivity index (χ1n) is 7.01. The average Bonchev–Trinajstić information content (AvgIpc) is 2.39. The minimum absolute atomic E-state index is 0. The molecule has 0 saturated carbocycles. The number of hydrogen-bond acceptors (Lipinski definition) is 5. The van der Waals surface area contributed by atoms with Crippen LogP contribution in [0.2, 0.25) is 0 Å². The Morgan fingerprint density at radius 3 is 2.05 bits per heavy atom. The molecular formula is C15H26Cl2N2O3. The molecule has 1 aliphatic heterocycles. The molecule has 0 amide bonds. The van der Waals surface area contributed by atoms with Gasteiger partial charge in [0.2, 0.25) is 5.75 Å². The normalized spacial score (nSPS) is 17.2. The molecule has 1 aliphatic rings. The molecule has 1 saturated heterocycles. The molecule has 0 aliphatic carbocycles. The number of hydrogen-bond donors (Lipinski definition) is 4. The summed E-state index contributed by atoms with van der Waals surface area (Å²) in [6, 6.07) is 3.12. The fraction of sp³-hybridized carbons (Fsp3) is 0.600. The minimum atomic E-state index is -0.438. The Morgan fingerprint density at radius 1 is 1.00 bits per heavy atom. The van der Waals surface area contributed by atoms with Gasteiger partial charge in [0.05, 0.1) is 0 Å². The van der Waals surface area contributed by atoms with E-state index < -0.39 is 5.75 Å². The molecule has 0 radical (unpaired) electrons. The summed E-state index contributed by atoms with van der Waals surface area (Å²) in [5.74, 6) is -0.949. The maximum Gasteiger partial charge on any atom is 0.200 e. The summed E-state index contributed by atoms with van der Waals surface area (Å²) in [4.78, 5) is 2.31. The number of rotatable bonds is 2. The Bertz CT molecular complexity index is 486. The summed E-state index contributed by atoms with van der Waals surface area (Å²) in [5.41, 5.74) is 0.563. The van der Waals surface area contributed by atoms with Crippen molar-refractivity contribution in [3.63, 3.8) is 0 Å². The Balaban J connectivity index is 0.00000220. The van der Waals surface area contributed by atoms with Crippen molar-refractivity contribution in [1.29, 1.82) is 0 Å². The Labute approximate surface area is 144 Å². The molecule has 7 heteroatoms. The molecule has 0 spiro atoms. The fourth-order valence-corrected chi connectivity index (χ4v) is 2.96. The monoisotopic (exact) mass is 352 g/mol. The van der Waals surface area contributed by atoms with Gasteiger partial charge in [-0.1, -0.05) is 20.8 Å². The van der Waals surface area contributed by atoms with Gasteiger partial charge in [-0.3, -0.25) is 4.90 Å². The number of piperazine rings is 1. The van der Waals surface area contributed by atoms with E-state index in [1.165, 1.54) is 6.07 Å². The maximum absolute atomic E-state index is 10.2. The van der Waals surface area contributed by atoms with E-state index in [4.69, 9.17) is 0 Å². The molecule has 1 aromatic rings. The highest BCUT2D eigenvalue weighted by Crippen LogP contribution is 2.46. The number of nitrogens with zero attached hydrogens (tertiary/aromatic N) is 1. The van der Waals surface area contributed by atoms with E-state index in [-0.39, 0.29) is 47.8 Å². The molecule has 5 nitrogen and oxygen atoms in total. The zero-order valence-corrected chi connectivity index (χ0v) is 14.8. The summed E-state index contributed by atoms with van der Waals surface area (Å²) in [6.07, 6.45) is 0. The second kappa shape index (κ2) is 8.11. The van der Waals surface area contributed by atoms with Crippen LogP contribution in [0, 0.1) is 5.41 Å². The van der Waals surface area contributed by atoms with Crippen molar-refractivity contribution < 1.29 is 15.3 Å². The fourth-order valence-electron chi connectivity index (χ4n) is 2.96. The predicted octanol–water partition coefficient (Wildman–Crippen LogP) is 2.64. The van der Waals surface area contributed by atoms with E-state index in [9.17, 15) is 15.3 Å². The van der Waals surface area contributed by atoms with E-state index in [1.54, 1.807) is 6.07 Å². The van der Waals surface area contributed by atoms with Crippen LogP contribution in [0.15, 0.2) is 12.1 Å². The second-order valence-electron chi connectivity index (χ2n) is 6.43. The topological polar surface area (TPSA) is 76.0 Å². The molecular weight excluding hydrogens is 327 g/mol. The molecule has 128 valence electrons. The largest absolute Gasteiger partial charge is 0.504 e. The average molecular weight is 353 g/mol. The lowest BCUT2D eigenvalue weighted by Gasteiger charge is -2.42. The van der Waals surface area contributed by atoms with E-state index in [2.05, 4.69) is 31.0 Å². The molecule has 2 rings (SSSR count). The third-order valence-electron chi connectivity index (χ3n) is 3.79. The maximum atomic E-state index is 10.2. The molecule has 1 heterocycles. The summed E-state index contributed by atoms with van der Waals surface area (Å²) in [7, 11) is 0. The number of aromatic hydroxyl groups is 3. The standard InChI is InChI=1S/C15H24N2O3.2ClH/c1-15(2,3)14(17-8-6-16-7-9-17)10-4-5-11(18)13(20)12(10)19;;/h4-5,14,16,18-20H,6-9H2,1-3H3;2*1H/t14-;;/m1../s1. The van der Waals surface area contributed by atoms with Gasteiger partial charge in [0.25, 0.3) is 0 Å². The van der Waals surface area contributed by atoms with E-state index in [0.29, 0.717) is 5.56 Å². The second-order valence-corrected chi connectivity index (χ2v) is 6.43. The lowest BCUT2D eigenvalue weighted by molar-refractivity contribution is 0.0838. The quantitative estimate of drug-likeness (QED) is 0.615. The summed E-state index contributed by atoms with van der Waals surface area (Å²) in [5, 5.41) is 32.8. The van der Waals surface area contributed by atoms with Crippen molar-refractivity contribution in [2.45, 2.75) is 26.8 Å². The van der Waals surface area contributed by atoms with E-state index in [1.807, 2.05) is 0 Å². The Hall–Kier alpha value is -0.880. The highest BCUT2D eigenvalue weighted by molar-refractivity contribution is 5.85. The predicted molar refractivity (Wildman–Crippen MR) is 92.6 cm³/mol.